The second-order valence-electron chi connectivity index (χ2n) is 13.0. The number of rotatable bonds is 7. The molecule has 55 heavy (non-hydrogen) atoms. The fourth-order valence-electron chi connectivity index (χ4n) is 7.03. The van der Waals surface area contributed by atoms with Crippen LogP contribution in [0.2, 0.25) is 0 Å². The topological polar surface area (TPSA) is 43.6 Å². The van der Waals surface area contributed by atoms with E-state index in [1.165, 1.54) is 0 Å². The van der Waals surface area contributed by atoms with Crippen molar-refractivity contribution in [3.8, 4) is 73.2 Å². The summed E-state index contributed by atoms with van der Waals surface area (Å²) in [6.45, 7) is 0. The highest BCUT2D eigenvalue weighted by molar-refractivity contribution is 6.15. The van der Waals surface area contributed by atoms with E-state index in [-0.39, 0.29) is 34.1 Å². The van der Waals surface area contributed by atoms with Crippen LogP contribution in [0.4, 0.5) is 0 Å². The van der Waals surface area contributed by atoms with Crippen molar-refractivity contribution in [2.45, 2.75) is 0 Å². The average Bonchev–Trinajstić information content (AvgIpc) is 3.70. The first-order valence-corrected chi connectivity index (χ1v) is 17.8. The molecule has 0 fully saturated rings. The Morgan fingerprint density at radius 1 is 0.345 bits per heavy atom. The summed E-state index contributed by atoms with van der Waals surface area (Å²) in [7, 11) is 0. The maximum atomic E-state index is 9.12. The third-order valence-corrected chi connectivity index (χ3v) is 9.71. The van der Waals surface area contributed by atoms with E-state index >= 15 is 0 Å². The van der Waals surface area contributed by atoms with Crippen LogP contribution in [0.1, 0.15) is 12.3 Å². The van der Waals surface area contributed by atoms with Gasteiger partial charge in [0.25, 0.3) is 0 Å². The van der Waals surface area contributed by atoms with E-state index < -0.39 is 42.3 Å². The fraction of sp³-hybridized carbons (Fsp3) is 0. The van der Waals surface area contributed by atoms with Crippen LogP contribution in [0, 0.1) is 0 Å². The summed E-state index contributed by atoms with van der Waals surface area (Å²) >= 11 is 0. The van der Waals surface area contributed by atoms with E-state index in [2.05, 4.69) is 24.3 Å². The minimum absolute atomic E-state index is 0.0655. The standard InChI is InChI=1S/C51H34N4/c1-4-13-35(14-5-1)37-23-27-40(28-24-37)49-52-50(41-29-25-38(26-30-41)36-15-6-2-7-16-36)54-51(53-49)42-31-33-43(34-32-42)55-46-21-11-10-19-45(46)48-44(20-12-22-47(48)55)39-17-8-3-9-18-39/h1-34H/i3D,8D,9D,10D,11D,17D,18D,19D,21D. The summed E-state index contributed by atoms with van der Waals surface area (Å²) in [4.78, 5) is 14.9. The Hall–Kier alpha value is -7.43. The van der Waals surface area contributed by atoms with Crippen molar-refractivity contribution < 1.29 is 12.3 Å². The first-order chi connectivity index (χ1) is 31.0. The van der Waals surface area contributed by atoms with Gasteiger partial charge >= 0.3 is 0 Å². The molecular formula is C51H34N4. The van der Waals surface area contributed by atoms with Crippen LogP contribution < -0.4 is 0 Å². The molecule has 0 bridgehead atoms. The van der Waals surface area contributed by atoms with Crippen molar-refractivity contribution in [1.29, 1.82) is 0 Å². The summed E-state index contributed by atoms with van der Waals surface area (Å²) in [5.74, 6) is 1.38. The molecule has 0 spiro atoms. The maximum Gasteiger partial charge on any atom is 0.164 e. The van der Waals surface area contributed by atoms with Gasteiger partial charge in [-0.2, -0.15) is 0 Å². The molecule has 0 radical (unpaired) electrons. The van der Waals surface area contributed by atoms with Crippen LogP contribution in [0.3, 0.4) is 0 Å². The lowest BCUT2D eigenvalue weighted by molar-refractivity contribution is 1.07. The van der Waals surface area contributed by atoms with E-state index in [1.54, 1.807) is 22.8 Å². The second-order valence-corrected chi connectivity index (χ2v) is 13.0. The lowest BCUT2D eigenvalue weighted by atomic mass is 9.99. The molecule has 0 N–H and O–H groups in total. The first kappa shape index (κ1) is 24.0. The van der Waals surface area contributed by atoms with E-state index in [0.29, 0.717) is 39.6 Å². The number of para-hydroxylation sites is 1. The van der Waals surface area contributed by atoms with Crippen molar-refractivity contribution >= 4 is 21.8 Å². The third kappa shape index (κ3) is 6.06. The molecule has 0 unspecified atom stereocenters. The zero-order chi connectivity index (χ0) is 44.4. The molecule has 4 nitrogen and oxygen atoms in total. The average molecular weight is 712 g/mol. The fourth-order valence-corrected chi connectivity index (χ4v) is 7.03. The van der Waals surface area contributed by atoms with Gasteiger partial charge in [0, 0.05) is 33.2 Å². The van der Waals surface area contributed by atoms with Crippen LogP contribution in [-0.2, 0) is 0 Å². The molecule has 2 aromatic heterocycles. The van der Waals surface area contributed by atoms with Gasteiger partial charge in [-0.05, 0) is 69.8 Å². The third-order valence-electron chi connectivity index (χ3n) is 9.71. The molecule has 4 heteroatoms. The molecule has 10 aromatic rings. The number of benzene rings is 8. The van der Waals surface area contributed by atoms with Gasteiger partial charge in [0.05, 0.1) is 23.4 Å². The van der Waals surface area contributed by atoms with Gasteiger partial charge in [-0.3, -0.25) is 0 Å². The Labute approximate surface area is 332 Å². The smallest absolute Gasteiger partial charge is 0.164 e. The van der Waals surface area contributed by atoms with Gasteiger partial charge in [0.2, 0.25) is 0 Å². The largest absolute Gasteiger partial charge is 0.309 e. The lowest BCUT2D eigenvalue weighted by Gasteiger charge is -2.11. The predicted molar refractivity (Wildman–Crippen MR) is 227 cm³/mol. The Bertz CT molecular complexity index is 3320. The van der Waals surface area contributed by atoms with Crippen LogP contribution in [0.25, 0.3) is 95.0 Å². The highest BCUT2D eigenvalue weighted by atomic mass is 15.0. The van der Waals surface area contributed by atoms with E-state index in [0.717, 1.165) is 33.4 Å². The van der Waals surface area contributed by atoms with Crippen molar-refractivity contribution in [3.05, 3.63) is 206 Å². The van der Waals surface area contributed by atoms with Crippen LogP contribution in [0.5, 0.6) is 0 Å². The van der Waals surface area contributed by atoms with E-state index in [9.17, 15) is 0 Å². The summed E-state index contributed by atoms with van der Waals surface area (Å²) in [6.07, 6.45) is 0. The molecule has 2 heterocycles. The molecule has 0 saturated carbocycles. The van der Waals surface area contributed by atoms with Gasteiger partial charge in [0.15, 0.2) is 17.5 Å². The molecule has 0 aliphatic rings. The SMILES string of the molecule is [2H]c1c([2H])c([2H])c(-c2cccc3c2c2c([2H])c([2H])c([2H])c([2H])c2n3-c2ccc(-c3nc(-c4ccc(-c5ccccc5)cc4)nc(-c4ccc(-c5ccccc5)cc4)n3)cc2)c([2H])c1[2H]. The number of fused-ring (bicyclic) bond motifs is 3. The van der Waals surface area contributed by atoms with Crippen molar-refractivity contribution in [2.75, 3.05) is 0 Å². The monoisotopic (exact) mass is 711 g/mol. The van der Waals surface area contributed by atoms with E-state index in [4.69, 9.17) is 27.3 Å². The summed E-state index contributed by atoms with van der Waals surface area (Å²) < 4.78 is 79.7. The normalized spacial score (nSPS) is 13.6. The first-order valence-electron chi connectivity index (χ1n) is 22.3. The highest BCUT2D eigenvalue weighted by Gasteiger charge is 2.17. The zero-order valence-electron chi connectivity index (χ0n) is 38.2. The zero-order valence-corrected chi connectivity index (χ0v) is 29.2. The van der Waals surface area contributed by atoms with Gasteiger partial charge < -0.3 is 4.57 Å². The number of aromatic nitrogens is 4. The second kappa shape index (κ2) is 13.8. The molecular weight excluding hydrogens is 669 g/mol. The molecule has 0 amide bonds. The number of nitrogens with zero attached hydrogens (tertiary/aromatic N) is 4. The summed E-state index contributed by atoms with van der Waals surface area (Å²) in [5.41, 5.74) is 7.94. The molecule has 10 rings (SSSR count). The van der Waals surface area contributed by atoms with Gasteiger partial charge in [-0.25, -0.2) is 15.0 Å². The van der Waals surface area contributed by atoms with Gasteiger partial charge in [-0.1, -0.05) is 170 Å². The molecule has 258 valence electrons. The minimum Gasteiger partial charge on any atom is -0.309 e. The van der Waals surface area contributed by atoms with Crippen molar-refractivity contribution in [3.63, 3.8) is 0 Å². The Kier molecular flexibility index (Phi) is 6.04. The molecule has 8 aromatic carbocycles. The Morgan fingerprint density at radius 2 is 0.800 bits per heavy atom. The van der Waals surface area contributed by atoms with Crippen LogP contribution in [-0.4, -0.2) is 19.5 Å². The van der Waals surface area contributed by atoms with E-state index in [1.807, 2.05) is 109 Å². The van der Waals surface area contributed by atoms with Gasteiger partial charge in [-0.15, -0.1) is 0 Å². The Balaban J connectivity index is 1.13. The number of hydrogen-bond acceptors (Lipinski definition) is 3. The highest BCUT2D eigenvalue weighted by Crippen LogP contribution is 2.39. The minimum atomic E-state index is -0.533. The summed E-state index contributed by atoms with van der Waals surface area (Å²) in [5, 5.41) is 0.492. The molecule has 0 saturated heterocycles. The van der Waals surface area contributed by atoms with Crippen molar-refractivity contribution in [1.82, 2.24) is 19.5 Å². The molecule has 0 aliphatic carbocycles. The predicted octanol–water partition coefficient (Wildman–Crippen LogP) is 13.0. The summed E-state index contributed by atoms with van der Waals surface area (Å²) in [6, 6.07) is 44.9. The van der Waals surface area contributed by atoms with Crippen LogP contribution >= 0.6 is 0 Å². The number of hydrogen-bond donors (Lipinski definition) is 0. The molecule has 0 atom stereocenters. The van der Waals surface area contributed by atoms with Crippen LogP contribution in [0.15, 0.2) is 206 Å². The maximum absolute atomic E-state index is 9.12. The van der Waals surface area contributed by atoms with Crippen molar-refractivity contribution in [2.24, 2.45) is 0 Å². The molecule has 0 aliphatic heterocycles. The lowest BCUT2D eigenvalue weighted by Crippen LogP contribution is -2.00. The Morgan fingerprint density at radius 3 is 1.35 bits per heavy atom. The van der Waals surface area contributed by atoms with Gasteiger partial charge in [0.1, 0.15) is 0 Å². The quantitative estimate of drug-likeness (QED) is 0.165.